The zero-order chi connectivity index (χ0) is 34.9. The second kappa shape index (κ2) is 17.3. The molecule has 0 radical (unpaired) electrons. The van der Waals surface area contributed by atoms with Crippen LogP contribution in [0.2, 0.25) is 0 Å². The minimum atomic E-state index is 0.0438. The molecule has 1 aromatic rings. The third-order valence-corrected chi connectivity index (χ3v) is 10.2. The molecule has 2 N–H and O–H groups in total. The molecule has 2 fully saturated rings. The van der Waals surface area contributed by atoms with Crippen LogP contribution in [0.1, 0.15) is 172 Å². The van der Waals surface area contributed by atoms with Crippen molar-refractivity contribution in [2.24, 2.45) is 0 Å². The smallest absolute Gasteiger partial charge is 0.232 e. The van der Waals surface area contributed by atoms with E-state index in [-0.39, 0.29) is 22.2 Å². The van der Waals surface area contributed by atoms with Gasteiger partial charge in [-0.3, -0.25) is 0 Å². The van der Waals surface area contributed by atoms with Crippen molar-refractivity contribution in [3.63, 3.8) is 0 Å². The van der Waals surface area contributed by atoms with E-state index < -0.39 is 0 Å². The molecule has 272 valence electrons. The summed E-state index contributed by atoms with van der Waals surface area (Å²) in [7, 11) is 4.15. The van der Waals surface area contributed by atoms with Crippen molar-refractivity contribution in [2.75, 3.05) is 41.9 Å². The fourth-order valence-electron chi connectivity index (χ4n) is 8.79. The third kappa shape index (κ3) is 12.9. The molecule has 3 rings (SSSR count). The van der Waals surface area contributed by atoms with Gasteiger partial charge >= 0.3 is 0 Å². The predicted octanol–water partition coefficient (Wildman–Crippen LogP) is 8.89. The highest BCUT2D eigenvalue weighted by Crippen LogP contribution is 2.36. The molecule has 3 heterocycles. The SMILES string of the molecule is CCCCCCCCN(c1nc(N(C)C)nc(N(CCCCCCCC)C2CC(C)(C)NC(C)(C)C2)n1)C1CC(C)(C)NC(C)(C)C1. The Balaban J connectivity index is 2.03. The van der Waals surface area contributed by atoms with E-state index in [0.29, 0.717) is 12.1 Å². The summed E-state index contributed by atoms with van der Waals surface area (Å²) in [6, 6.07) is 0.733. The van der Waals surface area contributed by atoms with E-state index in [2.05, 4.69) is 109 Å². The summed E-state index contributed by atoms with van der Waals surface area (Å²) in [4.78, 5) is 23.2. The van der Waals surface area contributed by atoms with Crippen LogP contribution in [0.3, 0.4) is 0 Å². The monoisotopic (exact) mass is 657 g/mol. The molecule has 0 spiro atoms. The maximum Gasteiger partial charge on any atom is 0.232 e. The minimum Gasteiger partial charge on any atom is -0.347 e. The van der Waals surface area contributed by atoms with E-state index in [4.69, 9.17) is 15.0 Å². The second-order valence-corrected chi connectivity index (χ2v) is 18.0. The van der Waals surface area contributed by atoms with Crippen molar-refractivity contribution in [3.8, 4) is 0 Å². The van der Waals surface area contributed by atoms with Crippen molar-refractivity contribution in [1.29, 1.82) is 0 Å². The summed E-state index contributed by atoms with van der Waals surface area (Å²) in [5, 5.41) is 7.83. The Labute approximate surface area is 291 Å². The molecule has 8 nitrogen and oxygen atoms in total. The summed E-state index contributed by atoms with van der Waals surface area (Å²) in [6.45, 7) is 25.4. The average Bonchev–Trinajstić information content (AvgIpc) is 2.92. The number of hydrogen-bond donors (Lipinski definition) is 2. The fraction of sp³-hybridized carbons (Fsp3) is 0.923. The number of hydrogen-bond acceptors (Lipinski definition) is 8. The number of piperidine rings is 2. The number of nitrogens with zero attached hydrogens (tertiary/aromatic N) is 6. The van der Waals surface area contributed by atoms with E-state index >= 15 is 0 Å². The van der Waals surface area contributed by atoms with Crippen LogP contribution in [0.25, 0.3) is 0 Å². The van der Waals surface area contributed by atoms with Crippen LogP contribution < -0.4 is 25.3 Å². The Morgan fingerprint density at radius 3 is 1.11 bits per heavy atom. The van der Waals surface area contributed by atoms with Gasteiger partial charge in [0.25, 0.3) is 0 Å². The maximum absolute atomic E-state index is 5.48. The van der Waals surface area contributed by atoms with Crippen molar-refractivity contribution < 1.29 is 0 Å². The maximum atomic E-state index is 5.48. The number of unbranched alkanes of at least 4 members (excludes halogenated alkanes) is 10. The van der Waals surface area contributed by atoms with Gasteiger partial charge in [-0.15, -0.1) is 0 Å². The lowest BCUT2D eigenvalue weighted by molar-refractivity contribution is 0.157. The van der Waals surface area contributed by atoms with Gasteiger partial charge in [-0.05, 0) is 93.9 Å². The highest BCUT2D eigenvalue weighted by atomic mass is 15.4. The average molecular weight is 657 g/mol. The summed E-state index contributed by atoms with van der Waals surface area (Å²) in [5.41, 5.74) is 0.175. The molecule has 2 aliphatic heterocycles. The Morgan fingerprint density at radius 2 is 0.787 bits per heavy atom. The van der Waals surface area contributed by atoms with E-state index in [1.54, 1.807) is 0 Å². The predicted molar refractivity (Wildman–Crippen MR) is 204 cm³/mol. The van der Waals surface area contributed by atoms with Gasteiger partial charge in [-0.2, -0.15) is 15.0 Å². The molecule has 2 aliphatic rings. The summed E-state index contributed by atoms with van der Waals surface area (Å²) in [6.07, 6.45) is 19.7. The molecule has 0 unspecified atom stereocenters. The molecule has 0 saturated carbocycles. The van der Waals surface area contributed by atoms with E-state index in [9.17, 15) is 0 Å². The number of anilines is 3. The van der Waals surface area contributed by atoms with Crippen LogP contribution in [-0.4, -0.2) is 76.4 Å². The molecule has 0 aromatic carbocycles. The molecular weight excluding hydrogens is 580 g/mol. The number of aromatic nitrogens is 3. The van der Waals surface area contributed by atoms with Crippen LogP contribution >= 0.6 is 0 Å². The highest BCUT2D eigenvalue weighted by Gasteiger charge is 2.43. The summed E-state index contributed by atoms with van der Waals surface area (Å²) < 4.78 is 0. The highest BCUT2D eigenvalue weighted by molar-refractivity contribution is 5.48. The number of rotatable bonds is 19. The minimum absolute atomic E-state index is 0.0438. The van der Waals surface area contributed by atoms with Crippen LogP contribution in [0, 0.1) is 0 Å². The topological polar surface area (TPSA) is 72.5 Å². The fourth-order valence-corrected chi connectivity index (χ4v) is 8.79. The van der Waals surface area contributed by atoms with Crippen LogP contribution in [0.15, 0.2) is 0 Å². The van der Waals surface area contributed by atoms with Crippen LogP contribution in [0.5, 0.6) is 0 Å². The lowest BCUT2D eigenvalue weighted by atomic mass is 9.79. The van der Waals surface area contributed by atoms with Gasteiger partial charge in [0.05, 0.1) is 0 Å². The lowest BCUT2D eigenvalue weighted by Crippen LogP contribution is -2.63. The zero-order valence-electron chi connectivity index (χ0n) is 33.1. The van der Waals surface area contributed by atoms with Crippen molar-refractivity contribution in [2.45, 2.75) is 206 Å². The molecule has 0 amide bonds. The van der Waals surface area contributed by atoms with E-state index in [1.165, 1.54) is 77.0 Å². The van der Waals surface area contributed by atoms with Gasteiger partial charge in [0, 0.05) is 61.4 Å². The Hall–Kier alpha value is -1.67. The Bertz CT molecular complexity index is 957. The van der Waals surface area contributed by atoms with E-state index in [0.717, 1.165) is 56.6 Å². The normalized spacial score (nSPS) is 20.7. The van der Waals surface area contributed by atoms with Gasteiger partial charge in [-0.25, -0.2) is 0 Å². The van der Waals surface area contributed by atoms with Crippen molar-refractivity contribution in [3.05, 3.63) is 0 Å². The molecule has 47 heavy (non-hydrogen) atoms. The summed E-state index contributed by atoms with van der Waals surface area (Å²) in [5.74, 6) is 2.50. The Kier molecular flexibility index (Phi) is 14.7. The third-order valence-electron chi connectivity index (χ3n) is 10.2. The first kappa shape index (κ1) is 39.8. The molecule has 2 saturated heterocycles. The molecule has 0 atom stereocenters. The molecule has 0 aliphatic carbocycles. The quantitative estimate of drug-likeness (QED) is 0.143. The Morgan fingerprint density at radius 1 is 0.489 bits per heavy atom. The van der Waals surface area contributed by atoms with Crippen molar-refractivity contribution in [1.82, 2.24) is 25.6 Å². The molecule has 1 aromatic heterocycles. The van der Waals surface area contributed by atoms with Crippen LogP contribution in [0.4, 0.5) is 17.8 Å². The zero-order valence-corrected chi connectivity index (χ0v) is 33.1. The van der Waals surface area contributed by atoms with Gasteiger partial charge in [-0.1, -0.05) is 78.1 Å². The first-order chi connectivity index (χ1) is 22.0. The van der Waals surface area contributed by atoms with Gasteiger partial charge < -0.3 is 25.3 Å². The van der Waals surface area contributed by atoms with Gasteiger partial charge in [0.1, 0.15) is 0 Å². The van der Waals surface area contributed by atoms with Crippen LogP contribution in [-0.2, 0) is 0 Å². The lowest BCUT2D eigenvalue weighted by Gasteiger charge is -2.50. The first-order valence-corrected chi connectivity index (χ1v) is 19.5. The largest absolute Gasteiger partial charge is 0.347 e. The standard InChI is InChI=1S/C39H76N8/c1-13-15-17-19-21-23-25-46(31-27-36(3,4)43-37(5,6)28-31)34-40-33(45(11)12)41-35(42-34)47(26-24-22-20-18-16-14-2)32-29-38(7,8)44-39(9,10)30-32/h31-32,43-44H,13-30H2,1-12H3. The van der Waals surface area contributed by atoms with Crippen molar-refractivity contribution >= 4 is 17.8 Å². The molecule has 0 bridgehead atoms. The summed E-state index contributed by atoms with van der Waals surface area (Å²) >= 11 is 0. The van der Waals surface area contributed by atoms with Gasteiger partial charge in [0.2, 0.25) is 17.8 Å². The first-order valence-electron chi connectivity index (χ1n) is 19.5. The van der Waals surface area contributed by atoms with Gasteiger partial charge in [0.15, 0.2) is 0 Å². The second-order valence-electron chi connectivity index (χ2n) is 18.0. The molecular formula is C39H76N8. The molecule has 8 heteroatoms. The number of nitrogens with one attached hydrogen (secondary N) is 2. The van der Waals surface area contributed by atoms with E-state index in [1.807, 2.05) is 0 Å².